The monoisotopic (exact) mass is 184 g/mol. The van der Waals surface area contributed by atoms with Crippen molar-refractivity contribution in [2.45, 2.75) is 54.9 Å². The lowest BCUT2D eigenvalue weighted by molar-refractivity contribution is 0.0623. The van der Waals surface area contributed by atoms with E-state index in [1.54, 1.807) is 0 Å². The minimum atomic E-state index is 0.833. The predicted molar refractivity (Wildman–Crippen MR) is 61.8 cm³/mol. The van der Waals surface area contributed by atoms with Gasteiger partial charge < -0.3 is 0 Å². The molecule has 0 N–H and O–H groups in total. The molecule has 0 saturated heterocycles. The van der Waals surface area contributed by atoms with E-state index in [9.17, 15) is 0 Å². The van der Waals surface area contributed by atoms with Crippen LogP contribution in [0.3, 0.4) is 0 Å². The molecule has 3 atom stereocenters. The Bertz CT molecular complexity index is 121. The Kier molecular flexibility index (Phi) is 5.67. The quantitative estimate of drug-likeness (QED) is 0.559. The average molecular weight is 184 g/mol. The van der Waals surface area contributed by atoms with Crippen LogP contribution >= 0.6 is 0 Å². The van der Waals surface area contributed by atoms with Crippen LogP contribution in [0, 0.1) is 29.6 Å². The standard InChI is InChI=1S/C9H18.C4H10/c1-6(2)9-5-7(3)8(9)4;1-4(2)3/h6-9H,5H2,1-4H3;4H,1-3H3. The first-order valence-corrected chi connectivity index (χ1v) is 5.86. The highest BCUT2D eigenvalue weighted by Crippen LogP contribution is 2.43. The molecule has 0 amide bonds. The van der Waals surface area contributed by atoms with Crippen LogP contribution in [-0.4, -0.2) is 0 Å². The summed E-state index contributed by atoms with van der Waals surface area (Å²) >= 11 is 0. The van der Waals surface area contributed by atoms with Crippen LogP contribution in [0.2, 0.25) is 0 Å². The van der Waals surface area contributed by atoms with Gasteiger partial charge in [0.2, 0.25) is 0 Å². The van der Waals surface area contributed by atoms with E-state index in [0.717, 1.165) is 29.6 Å². The number of hydrogen-bond acceptors (Lipinski definition) is 0. The molecule has 1 fully saturated rings. The molecule has 13 heavy (non-hydrogen) atoms. The van der Waals surface area contributed by atoms with Gasteiger partial charge in [-0.1, -0.05) is 48.5 Å². The lowest BCUT2D eigenvalue weighted by Gasteiger charge is -2.43. The van der Waals surface area contributed by atoms with Gasteiger partial charge in [-0.2, -0.15) is 0 Å². The van der Waals surface area contributed by atoms with E-state index in [1.807, 2.05) is 0 Å². The average Bonchev–Trinajstić information content (AvgIpc) is 1.97. The van der Waals surface area contributed by atoms with E-state index in [0.29, 0.717) is 0 Å². The molecule has 0 heteroatoms. The van der Waals surface area contributed by atoms with Gasteiger partial charge >= 0.3 is 0 Å². The molecule has 3 unspecified atom stereocenters. The van der Waals surface area contributed by atoms with Crippen molar-refractivity contribution >= 4 is 0 Å². The van der Waals surface area contributed by atoms with Crippen molar-refractivity contribution < 1.29 is 0 Å². The van der Waals surface area contributed by atoms with Crippen LogP contribution in [0.1, 0.15) is 54.9 Å². The largest absolute Gasteiger partial charge is 0.0630 e. The Hall–Kier alpha value is 0. The molecule has 1 saturated carbocycles. The lowest BCUT2D eigenvalue weighted by atomic mass is 9.62. The van der Waals surface area contributed by atoms with Gasteiger partial charge in [0.15, 0.2) is 0 Å². The minimum Gasteiger partial charge on any atom is -0.0630 e. The Labute approximate surface area is 85.1 Å². The first-order valence-electron chi connectivity index (χ1n) is 5.86. The van der Waals surface area contributed by atoms with Crippen LogP contribution in [0.25, 0.3) is 0 Å². The summed E-state index contributed by atoms with van der Waals surface area (Å²) in [7, 11) is 0. The number of rotatable bonds is 1. The minimum absolute atomic E-state index is 0.833. The van der Waals surface area contributed by atoms with Crippen molar-refractivity contribution in [2.75, 3.05) is 0 Å². The summed E-state index contributed by atoms with van der Waals surface area (Å²) in [5.74, 6) is 4.76. The van der Waals surface area contributed by atoms with Crippen molar-refractivity contribution in [2.24, 2.45) is 29.6 Å². The maximum Gasteiger partial charge on any atom is -0.0360 e. The second kappa shape index (κ2) is 5.67. The van der Waals surface area contributed by atoms with Gasteiger partial charge in [-0.05, 0) is 36.0 Å². The lowest BCUT2D eigenvalue weighted by Crippen LogP contribution is -2.35. The van der Waals surface area contributed by atoms with Gasteiger partial charge in [-0.15, -0.1) is 0 Å². The van der Waals surface area contributed by atoms with Crippen molar-refractivity contribution in [3.63, 3.8) is 0 Å². The predicted octanol–water partition coefficient (Wildman–Crippen LogP) is 4.60. The molecule has 0 bridgehead atoms. The second-order valence-corrected chi connectivity index (χ2v) is 5.71. The zero-order valence-electron chi connectivity index (χ0n) is 10.6. The van der Waals surface area contributed by atoms with Crippen molar-refractivity contribution in [1.82, 2.24) is 0 Å². The van der Waals surface area contributed by atoms with Gasteiger partial charge in [-0.3, -0.25) is 0 Å². The normalized spacial score (nSPS) is 32.5. The summed E-state index contributed by atoms with van der Waals surface area (Å²) in [5.41, 5.74) is 0. The van der Waals surface area contributed by atoms with E-state index < -0.39 is 0 Å². The smallest absolute Gasteiger partial charge is 0.0360 e. The molecule has 1 aliphatic rings. The first-order chi connectivity index (χ1) is 5.86. The Morgan fingerprint density at radius 3 is 1.38 bits per heavy atom. The fourth-order valence-electron chi connectivity index (χ4n) is 1.96. The Morgan fingerprint density at radius 2 is 1.31 bits per heavy atom. The molecule has 0 aromatic heterocycles. The molecule has 0 radical (unpaired) electrons. The zero-order chi connectivity index (χ0) is 10.6. The topological polar surface area (TPSA) is 0 Å². The molecule has 0 aromatic carbocycles. The zero-order valence-corrected chi connectivity index (χ0v) is 10.6. The molecule has 1 aliphatic carbocycles. The SMILES string of the molecule is CC(C)C.CC(C)C1CC(C)C1C. The highest BCUT2D eigenvalue weighted by molar-refractivity contribution is 4.84. The van der Waals surface area contributed by atoms with E-state index in [1.165, 1.54) is 6.42 Å². The van der Waals surface area contributed by atoms with Crippen molar-refractivity contribution in [3.05, 3.63) is 0 Å². The maximum atomic E-state index is 2.39. The molecule has 80 valence electrons. The summed E-state index contributed by atoms with van der Waals surface area (Å²) in [6.07, 6.45) is 1.47. The highest BCUT2D eigenvalue weighted by Gasteiger charge is 2.35. The first kappa shape index (κ1) is 13.0. The van der Waals surface area contributed by atoms with E-state index in [2.05, 4.69) is 48.5 Å². The molecule has 0 aliphatic heterocycles. The summed E-state index contributed by atoms with van der Waals surface area (Å²) < 4.78 is 0. The van der Waals surface area contributed by atoms with Gasteiger partial charge in [0.05, 0.1) is 0 Å². The third-order valence-corrected chi connectivity index (χ3v) is 3.07. The number of hydrogen-bond donors (Lipinski definition) is 0. The van der Waals surface area contributed by atoms with Crippen molar-refractivity contribution in [3.8, 4) is 0 Å². The summed E-state index contributed by atoms with van der Waals surface area (Å²) in [6, 6.07) is 0. The molecule has 0 spiro atoms. The Morgan fingerprint density at radius 1 is 0.923 bits per heavy atom. The summed E-state index contributed by atoms with van der Waals surface area (Å²) in [5, 5.41) is 0. The third-order valence-electron chi connectivity index (χ3n) is 3.07. The molecular weight excluding hydrogens is 156 g/mol. The molecule has 0 heterocycles. The van der Waals surface area contributed by atoms with Gasteiger partial charge in [0.25, 0.3) is 0 Å². The van der Waals surface area contributed by atoms with Crippen LogP contribution < -0.4 is 0 Å². The fourth-order valence-corrected chi connectivity index (χ4v) is 1.96. The molecule has 1 rings (SSSR count). The van der Waals surface area contributed by atoms with E-state index in [4.69, 9.17) is 0 Å². The van der Waals surface area contributed by atoms with E-state index in [-0.39, 0.29) is 0 Å². The molecule has 0 aromatic rings. The van der Waals surface area contributed by atoms with Crippen LogP contribution in [0.4, 0.5) is 0 Å². The van der Waals surface area contributed by atoms with Crippen LogP contribution in [0.15, 0.2) is 0 Å². The summed E-state index contributed by atoms with van der Waals surface area (Å²) in [6.45, 7) is 15.9. The Balaban J connectivity index is 0.000000310. The van der Waals surface area contributed by atoms with E-state index >= 15 is 0 Å². The third kappa shape index (κ3) is 4.69. The second-order valence-electron chi connectivity index (χ2n) is 5.71. The van der Waals surface area contributed by atoms with Gasteiger partial charge in [0.1, 0.15) is 0 Å². The molecule has 0 nitrogen and oxygen atoms in total. The highest BCUT2D eigenvalue weighted by atomic mass is 14.4. The molecular formula is C13H28. The van der Waals surface area contributed by atoms with Crippen LogP contribution in [-0.2, 0) is 0 Å². The maximum absolute atomic E-state index is 2.39. The summed E-state index contributed by atoms with van der Waals surface area (Å²) in [4.78, 5) is 0. The fraction of sp³-hybridized carbons (Fsp3) is 1.00. The van der Waals surface area contributed by atoms with Gasteiger partial charge in [-0.25, -0.2) is 0 Å². The van der Waals surface area contributed by atoms with Crippen molar-refractivity contribution in [1.29, 1.82) is 0 Å². The van der Waals surface area contributed by atoms with Crippen LogP contribution in [0.5, 0.6) is 0 Å². The van der Waals surface area contributed by atoms with Gasteiger partial charge in [0, 0.05) is 0 Å².